The average Bonchev–Trinajstić information content (AvgIpc) is 2.53. The number of nitrogens with zero attached hydrogens (tertiary/aromatic N) is 2. The molecule has 1 aliphatic rings. The summed E-state index contributed by atoms with van der Waals surface area (Å²) in [5.74, 6) is -4.89. The van der Waals surface area contributed by atoms with Gasteiger partial charge in [0.05, 0.1) is 11.3 Å². The van der Waals surface area contributed by atoms with Crippen molar-refractivity contribution in [1.82, 2.24) is 9.97 Å². The van der Waals surface area contributed by atoms with Crippen LogP contribution in [0.4, 0.5) is 27.8 Å². The Balaban J connectivity index is 2.26. The van der Waals surface area contributed by atoms with Gasteiger partial charge in [0, 0.05) is 6.04 Å². The summed E-state index contributed by atoms with van der Waals surface area (Å²) in [4.78, 5) is 7.37. The Labute approximate surface area is 150 Å². The minimum atomic E-state index is -5.69. The van der Waals surface area contributed by atoms with Crippen molar-refractivity contribution in [2.45, 2.75) is 77.9 Å². The van der Waals surface area contributed by atoms with E-state index in [-0.39, 0.29) is 23.6 Å². The molecule has 0 aliphatic heterocycles. The Bertz CT molecular complexity index is 614. The summed E-state index contributed by atoms with van der Waals surface area (Å²) in [5, 5.41) is 2.84. The van der Waals surface area contributed by atoms with E-state index >= 15 is 0 Å². The SMILES string of the molecule is CCc1ncnc(NC2CCC(C(C)(C)C)CC2)c1C(F)(F)C(F)(F)F. The minimum Gasteiger partial charge on any atom is -0.367 e. The Morgan fingerprint density at radius 3 is 2.04 bits per heavy atom. The van der Waals surface area contributed by atoms with E-state index in [1.54, 1.807) is 0 Å². The van der Waals surface area contributed by atoms with Crippen molar-refractivity contribution in [1.29, 1.82) is 0 Å². The van der Waals surface area contributed by atoms with E-state index in [1.807, 2.05) is 0 Å². The van der Waals surface area contributed by atoms with Gasteiger partial charge in [0.1, 0.15) is 12.1 Å². The molecular weight excluding hydrogens is 353 g/mol. The van der Waals surface area contributed by atoms with Crippen molar-refractivity contribution in [2.24, 2.45) is 11.3 Å². The molecule has 26 heavy (non-hydrogen) atoms. The van der Waals surface area contributed by atoms with Gasteiger partial charge >= 0.3 is 12.1 Å². The lowest BCUT2D eigenvalue weighted by Gasteiger charge is -2.37. The Hall–Kier alpha value is -1.47. The number of anilines is 1. The second-order valence-corrected chi connectivity index (χ2v) is 8.03. The lowest BCUT2D eigenvalue weighted by molar-refractivity contribution is -0.289. The molecule has 0 radical (unpaired) electrons. The van der Waals surface area contributed by atoms with E-state index in [9.17, 15) is 22.0 Å². The zero-order valence-electron chi connectivity index (χ0n) is 15.6. The third kappa shape index (κ3) is 4.26. The number of halogens is 5. The van der Waals surface area contributed by atoms with Crippen molar-refractivity contribution in [3.8, 4) is 0 Å². The zero-order chi connectivity index (χ0) is 19.8. The van der Waals surface area contributed by atoms with Crippen molar-refractivity contribution < 1.29 is 22.0 Å². The maximum atomic E-state index is 14.1. The first-order chi connectivity index (χ1) is 11.9. The van der Waals surface area contributed by atoms with Crippen LogP contribution in [0.2, 0.25) is 0 Å². The van der Waals surface area contributed by atoms with E-state index in [4.69, 9.17) is 0 Å². The normalized spacial score (nSPS) is 22.3. The first-order valence-corrected chi connectivity index (χ1v) is 8.93. The first kappa shape index (κ1) is 20.8. The Morgan fingerprint density at radius 1 is 1.00 bits per heavy atom. The third-order valence-electron chi connectivity index (χ3n) is 5.22. The van der Waals surface area contributed by atoms with Gasteiger partial charge in [-0.25, -0.2) is 9.97 Å². The maximum Gasteiger partial charge on any atom is 0.458 e. The molecule has 1 aromatic heterocycles. The molecule has 0 atom stereocenters. The van der Waals surface area contributed by atoms with E-state index in [2.05, 4.69) is 36.1 Å². The standard InChI is InChI=1S/C18H26F5N3/c1-5-13-14(17(19,20)18(21,22)23)15(25-10-24-13)26-12-8-6-11(7-9-12)16(2,3)4/h10-12H,5-9H2,1-4H3,(H,24,25,26). The topological polar surface area (TPSA) is 37.8 Å². The molecule has 1 N–H and O–H groups in total. The van der Waals surface area contributed by atoms with Gasteiger partial charge < -0.3 is 5.32 Å². The highest BCUT2D eigenvalue weighted by molar-refractivity contribution is 5.50. The molecule has 1 aliphatic carbocycles. The summed E-state index contributed by atoms with van der Waals surface area (Å²) in [6, 6.07) is -0.170. The quantitative estimate of drug-likeness (QED) is 0.681. The van der Waals surface area contributed by atoms with Crippen molar-refractivity contribution >= 4 is 5.82 Å². The van der Waals surface area contributed by atoms with Crippen LogP contribution in [0.25, 0.3) is 0 Å². The van der Waals surface area contributed by atoms with Gasteiger partial charge in [-0.2, -0.15) is 22.0 Å². The van der Waals surface area contributed by atoms with Gasteiger partial charge in [-0.15, -0.1) is 0 Å². The lowest BCUT2D eigenvalue weighted by atomic mass is 9.71. The molecule has 8 heteroatoms. The molecular formula is C18H26F5N3. The highest BCUT2D eigenvalue weighted by Gasteiger charge is 2.61. The smallest absolute Gasteiger partial charge is 0.367 e. The Kier molecular flexibility index (Phi) is 5.83. The zero-order valence-corrected chi connectivity index (χ0v) is 15.6. The van der Waals surface area contributed by atoms with E-state index < -0.39 is 23.5 Å². The van der Waals surface area contributed by atoms with E-state index in [0.717, 1.165) is 19.2 Å². The highest BCUT2D eigenvalue weighted by atomic mass is 19.4. The summed E-state index contributed by atoms with van der Waals surface area (Å²) in [6.07, 6.45) is -1.46. The first-order valence-electron chi connectivity index (χ1n) is 8.93. The summed E-state index contributed by atoms with van der Waals surface area (Å²) in [7, 11) is 0. The molecule has 0 saturated heterocycles. The summed E-state index contributed by atoms with van der Waals surface area (Å²) in [6.45, 7) is 7.97. The second kappa shape index (κ2) is 7.27. The molecule has 1 fully saturated rings. The number of rotatable bonds is 4. The van der Waals surface area contributed by atoms with Crippen LogP contribution in [0.5, 0.6) is 0 Å². The molecule has 2 rings (SSSR count). The van der Waals surface area contributed by atoms with Crippen LogP contribution in [-0.2, 0) is 12.3 Å². The summed E-state index contributed by atoms with van der Waals surface area (Å²) in [5.41, 5.74) is -1.27. The van der Waals surface area contributed by atoms with E-state index in [1.165, 1.54) is 6.92 Å². The molecule has 3 nitrogen and oxygen atoms in total. The Morgan fingerprint density at radius 2 is 1.58 bits per heavy atom. The van der Waals surface area contributed by atoms with Gasteiger partial charge in [0.15, 0.2) is 0 Å². The van der Waals surface area contributed by atoms with Gasteiger partial charge in [0.2, 0.25) is 0 Å². The average molecular weight is 379 g/mol. The maximum absolute atomic E-state index is 14.1. The molecule has 1 heterocycles. The fraction of sp³-hybridized carbons (Fsp3) is 0.778. The van der Waals surface area contributed by atoms with Crippen LogP contribution < -0.4 is 5.32 Å². The second-order valence-electron chi connectivity index (χ2n) is 8.03. The fourth-order valence-corrected chi connectivity index (χ4v) is 3.57. The molecule has 1 saturated carbocycles. The highest BCUT2D eigenvalue weighted by Crippen LogP contribution is 2.47. The summed E-state index contributed by atoms with van der Waals surface area (Å²) < 4.78 is 67.0. The lowest BCUT2D eigenvalue weighted by Crippen LogP contribution is -2.37. The van der Waals surface area contributed by atoms with Crippen LogP contribution in [0.3, 0.4) is 0 Å². The van der Waals surface area contributed by atoms with Crippen molar-refractivity contribution in [3.63, 3.8) is 0 Å². The van der Waals surface area contributed by atoms with Crippen LogP contribution in [0.15, 0.2) is 6.33 Å². The van der Waals surface area contributed by atoms with Gasteiger partial charge in [-0.3, -0.25) is 0 Å². The van der Waals surface area contributed by atoms with Crippen LogP contribution >= 0.6 is 0 Å². The molecule has 1 aromatic rings. The molecule has 0 amide bonds. The van der Waals surface area contributed by atoms with E-state index in [0.29, 0.717) is 18.8 Å². The molecule has 0 spiro atoms. The number of alkyl halides is 5. The molecule has 0 aromatic carbocycles. The predicted molar refractivity (Wildman–Crippen MR) is 90.2 cm³/mol. The number of aryl methyl sites for hydroxylation is 1. The third-order valence-corrected chi connectivity index (χ3v) is 5.22. The molecule has 0 unspecified atom stereocenters. The number of nitrogens with one attached hydrogen (secondary N) is 1. The van der Waals surface area contributed by atoms with Gasteiger partial charge in [-0.05, 0) is 43.4 Å². The molecule has 148 valence electrons. The molecule has 0 bridgehead atoms. The number of aromatic nitrogens is 2. The van der Waals surface area contributed by atoms with Gasteiger partial charge in [-0.1, -0.05) is 27.7 Å². The summed E-state index contributed by atoms with van der Waals surface area (Å²) >= 11 is 0. The largest absolute Gasteiger partial charge is 0.458 e. The van der Waals surface area contributed by atoms with Crippen molar-refractivity contribution in [3.05, 3.63) is 17.6 Å². The number of hydrogen-bond donors (Lipinski definition) is 1. The van der Waals surface area contributed by atoms with Crippen LogP contribution in [-0.4, -0.2) is 22.2 Å². The van der Waals surface area contributed by atoms with Crippen LogP contribution in [0, 0.1) is 11.3 Å². The van der Waals surface area contributed by atoms with Crippen LogP contribution in [0.1, 0.15) is 64.6 Å². The predicted octanol–water partition coefficient (Wildman–Crippen LogP) is 5.71. The fourth-order valence-electron chi connectivity index (χ4n) is 3.57. The van der Waals surface area contributed by atoms with Gasteiger partial charge in [0.25, 0.3) is 0 Å². The number of hydrogen-bond acceptors (Lipinski definition) is 3. The van der Waals surface area contributed by atoms with Crippen molar-refractivity contribution in [2.75, 3.05) is 5.32 Å². The monoisotopic (exact) mass is 379 g/mol. The minimum absolute atomic E-state index is 0.0328.